The van der Waals surface area contributed by atoms with Gasteiger partial charge in [-0.2, -0.15) is 0 Å². The lowest BCUT2D eigenvalue weighted by molar-refractivity contribution is 0.0213. The van der Waals surface area contributed by atoms with E-state index in [4.69, 9.17) is 9.47 Å². The maximum absolute atomic E-state index is 14.2. The Morgan fingerprint density at radius 1 is 1.15 bits per heavy atom. The standard InChI is InChI=1S/C15H23FO4/c1-5-10(6-13(18)9(2)17)11-7-14(19-3)15(20-4)8-12(11)16/h7-10,13,17-18H,5-6H2,1-4H3. The summed E-state index contributed by atoms with van der Waals surface area (Å²) in [5.41, 5.74) is 0.463. The van der Waals surface area contributed by atoms with E-state index < -0.39 is 18.0 Å². The molecule has 5 heteroatoms. The van der Waals surface area contributed by atoms with Gasteiger partial charge in [-0.15, -0.1) is 0 Å². The molecule has 0 bridgehead atoms. The normalized spacial score (nSPS) is 15.6. The number of aliphatic hydroxyl groups excluding tert-OH is 2. The molecule has 1 rings (SSSR count). The molecular weight excluding hydrogens is 263 g/mol. The summed E-state index contributed by atoms with van der Waals surface area (Å²) in [6, 6.07) is 2.88. The van der Waals surface area contributed by atoms with Gasteiger partial charge in [-0.25, -0.2) is 4.39 Å². The Kier molecular flexibility index (Phi) is 6.23. The van der Waals surface area contributed by atoms with Gasteiger partial charge in [0.15, 0.2) is 11.5 Å². The highest BCUT2D eigenvalue weighted by Crippen LogP contribution is 2.36. The number of hydrogen-bond acceptors (Lipinski definition) is 4. The highest BCUT2D eigenvalue weighted by Gasteiger charge is 2.23. The van der Waals surface area contributed by atoms with E-state index in [1.807, 2.05) is 6.92 Å². The van der Waals surface area contributed by atoms with E-state index in [1.165, 1.54) is 27.2 Å². The molecule has 1 aromatic carbocycles. The monoisotopic (exact) mass is 286 g/mol. The highest BCUT2D eigenvalue weighted by molar-refractivity contribution is 5.44. The van der Waals surface area contributed by atoms with Crippen molar-refractivity contribution >= 4 is 0 Å². The Bertz CT molecular complexity index is 434. The Labute approximate surface area is 119 Å². The van der Waals surface area contributed by atoms with Crippen LogP contribution in [0.2, 0.25) is 0 Å². The van der Waals surface area contributed by atoms with E-state index in [0.717, 1.165) is 0 Å². The van der Waals surface area contributed by atoms with Crippen LogP contribution < -0.4 is 9.47 Å². The molecule has 0 aromatic heterocycles. The fourth-order valence-corrected chi connectivity index (χ4v) is 2.18. The Morgan fingerprint density at radius 2 is 1.70 bits per heavy atom. The van der Waals surface area contributed by atoms with Crippen LogP contribution in [-0.4, -0.2) is 36.6 Å². The molecule has 3 atom stereocenters. The van der Waals surface area contributed by atoms with Gasteiger partial charge in [0, 0.05) is 6.07 Å². The minimum atomic E-state index is -0.882. The molecule has 114 valence electrons. The summed E-state index contributed by atoms with van der Waals surface area (Å²) in [5, 5.41) is 19.2. The lowest BCUT2D eigenvalue weighted by Gasteiger charge is -2.22. The van der Waals surface area contributed by atoms with Gasteiger partial charge >= 0.3 is 0 Å². The van der Waals surface area contributed by atoms with Crippen molar-refractivity contribution in [1.29, 1.82) is 0 Å². The summed E-state index contributed by atoms with van der Waals surface area (Å²) in [4.78, 5) is 0. The van der Waals surface area contributed by atoms with E-state index in [-0.39, 0.29) is 5.92 Å². The largest absolute Gasteiger partial charge is 0.493 e. The molecule has 2 N–H and O–H groups in total. The summed E-state index contributed by atoms with van der Waals surface area (Å²) in [7, 11) is 2.94. The zero-order valence-corrected chi connectivity index (χ0v) is 12.4. The second-order valence-electron chi connectivity index (χ2n) is 4.88. The zero-order valence-electron chi connectivity index (χ0n) is 12.4. The third-order valence-corrected chi connectivity index (χ3v) is 3.52. The topological polar surface area (TPSA) is 58.9 Å². The smallest absolute Gasteiger partial charge is 0.163 e. The van der Waals surface area contributed by atoms with Crippen LogP contribution in [-0.2, 0) is 0 Å². The third kappa shape index (κ3) is 3.84. The maximum atomic E-state index is 14.2. The molecule has 0 fully saturated rings. The van der Waals surface area contributed by atoms with Crippen LogP contribution in [0.5, 0.6) is 11.5 Å². The Hall–Kier alpha value is -1.33. The zero-order chi connectivity index (χ0) is 15.3. The van der Waals surface area contributed by atoms with Crippen molar-refractivity contribution in [2.24, 2.45) is 0 Å². The molecular formula is C15H23FO4. The molecule has 0 saturated heterocycles. The molecule has 0 heterocycles. The second kappa shape index (κ2) is 7.45. The molecule has 0 aliphatic heterocycles. The first kappa shape index (κ1) is 16.7. The number of ether oxygens (including phenoxy) is 2. The summed E-state index contributed by atoms with van der Waals surface area (Å²) in [5.74, 6) is 0.195. The second-order valence-corrected chi connectivity index (χ2v) is 4.88. The predicted octanol–water partition coefficient (Wildman–Crippen LogP) is 2.47. The summed E-state index contributed by atoms with van der Waals surface area (Å²) in [6.07, 6.45) is -0.781. The van der Waals surface area contributed by atoms with Gasteiger partial charge in [0.2, 0.25) is 0 Å². The molecule has 1 aromatic rings. The van der Waals surface area contributed by atoms with E-state index in [2.05, 4.69) is 0 Å². The van der Waals surface area contributed by atoms with Crippen LogP contribution in [0.15, 0.2) is 12.1 Å². The molecule has 20 heavy (non-hydrogen) atoms. The fraction of sp³-hybridized carbons (Fsp3) is 0.600. The number of hydrogen-bond donors (Lipinski definition) is 2. The van der Waals surface area contributed by atoms with E-state index in [1.54, 1.807) is 6.07 Å². The predicted molar refractivity (Wildman–Crippen MR) is 74.8 cm³/mol. The third-order valence-electron chi connectivity index (χ3n) is 3.52. The number of halogens is 1. The highest BCUT2D eigenvalue weighted by atomic mass is 19.1. The molecule has 4 nitrogen and oxygen atoms in total. The van der Waals surface area contributed by atoms with Crippen LogP contribution >= 0.6 is 0 Å². The first-order chi connectivity index (χ1) is 9.44. The van der Waals surface area contributed by atoms with Crippen LogP contribution in [0.25, 0.3) is 0 Å². The summed E-state index contributed by atoms with van der Waals surface area (Å²) in [6.45, 7) is 3.43. The molecule has 0 aliphatic rings. The summed E-state index contributed by atoms with van der Waals surface area (Å²) >= 11 is 0. The average Bonchev–Trinajstić information content (AvgIpc) is 2.44. The number of aliphatic hydroxyl groups is 2. The summed E-state index contributed by atoms with van der Waals surface area (Å²) < 4.78 is 24.4. The van der Waals surface area contributed by atoms with Gasteiger partial charge in [-0.05, 0) is 37.3 Å². The molecule has 0 amide bonds. The number of benzene rings is 1. The van der Waals surface area contributed by atoms with Gasteiger partial charge in [-0.1, -0.05) is 6.92 Å². The maximum Gasteiger partial charge on any atom is 0.163 e. The lowest BCUT2D eigenvalue weighted by atomic mass is 9.89. The SMILES string of the molecule is CCC(CC(O)C(C)O)c1cc(OC)c(OC)cc1F. The number of methoxy groups -OCH3 is 2. The minimum absolute atomic E-state index is 0.195. The van der Waals surface area contributed by atoms with E-state index in [9.17, 15) is 14.6 Å². The fourth-order valence-electron chi connectivity index (χ4n) is 2.18. The van der Waals surface area contributed by atoms with Crippen LogP contribution in [0, 0.1) is 5.82 Å². The molecule has 0 saturated carbocycles. The first-order valence-corrected chi connectivity index (χ1v) is 6.72. The lowest BCUT2D eigenvalue weighted by Crippen LogP contribution is -2.25. The van der Waals surface area contributed by atoms with Crippen LogP contribution in [0.3, 0.4) is 0 Å². The van der Waals surface area contributed by atoms with Crippen LogP contribution in [0.4, 0.5) is 4.39 Å². The Balaban J connectivity index is 3.08. The molecule has 0 spiro atoms. The van der Waals surface area contributed by atoms with Gasteiger partial charge in [-0.3, -0.25) is 0 Å². The van der Waals surface area contributed by atoms with E-state index in [0.29, 0.717) is 29.9 Å². The number of rotatable bonds is 7. The molecule has 0 aliphatic carbocycles. The van der Waals surface area contributed by atoms with Crippen molar-refractivity contribution in [3.8, 4) is 11.5 Å². The van der Waals surface area contributed by atoms with Crippen molar-refractivity contribution < 1.29 is 24.1 Å². The van der Waals surface area contributed by atoms with E-state index >= 15 is 0 Å². The van der Waals surface area contributed by atoms with Crippen LogP contribution in [0.1, 0.15) is 38.2 Å². The Morgan fingerprint density at radius 3 is 2.15 bits per heavy atom. The van der Waals surface area contributed by atoms with Gasteiger partial charge < -0.3 is 19.7 Å². The molecule has 0 radical (unpaired) electrons. The first-order valence-electron chi connectivity index (χ1n) is 6.72. The minimum Gasteiger partial charge on any atom is -0.493 e. The van der Waals surface area contributed by atoms with Crippen molar-refractivity contribution in [1.82, 2.24) is 0 Å². The van der Waals surface area contributed by atoms with Gasteiger partial charge in [0.1, 0.15) is 5.82 Å². The van der Waals surface area contributed by atoms with Crippen molar-refractivity contribution in [3.05, 3.63) is 23.5 Å². The average molecular weight is 286 g/mol. The van der Waals surface area contributed by atoms with Crippen molar-refractivity contribution in [2.45, 2.75) is 44.8 Å². The van der Waals surface area contributed by atoms with Gasteiger partial charge in [0.25, 0.3) is 0 Å². The van der Waals surface area contributed by atoms with Gasteiger partial charge in [0.05, 0.1) is 26.4 Å². The van der Waals surface area contributed by atoms with Crippen molar-refractivity contribution in [3.63, 3.8) is 0 Å². The quantitative estimate of drug-likeness (QED) is 0.808. The molecule has 3 unspecified atom stereocenters. The van der Waals surface area contributed by atoms with Crippen molar-refractivity contribution in [2.75, 3.05) is 14.2 Å².